The van der Waals surface area contributed by atoms with E-state index in [1.54, 1.807) is 0 Å². The summed E-state index contributed by atoms with van der Waals surface area (Å²) in [6.45, 7) is -0.459. The number of fused-ring (bicyclic) bond motifs is 1. The second-order valence-corrected chi connectivity index (χ2v) is 6.79. The largest absolute Gasteiger partial charge is 0.501 e. The predicted octanol–water partition coefficient (Wildman–Crippen LogP) is 1.74. The third kappa shape index (κ3) is 2.48. The quantitative estimate of drug-likeness (QED) is 0.818. The second-order valence-electron chi connectivity index (χ2n) is 4.88. The summed E-state index contributed by atoms with van der Waals surface area (Å²) in [4.78, 5) is -1.37. The van der Waals surface area contributed by atoms with Crippen molar-refractivity contribution in [2.75, 3.05) is 6.61 Å². The molecule has 1 aromatic carbocycles. The van der Waals surface area contributed by atoms with Crippen LogP contribution >= 0.6 is 0 Å². The first kappa shape index (κ1) is 17.1. The van der Waals surface area contributed by atoms with Crippen LogP contribution in [0.1, 0.15) is 22.8 Å². The molecule has 1 aromatic rings. The van der Waals surface area contributed by atoms with Crippen LogP contribution in [0.2, 0.25) is 0 Å². The number of aliphatic hydroxyl groups excluding tert-OH is 2. The van der Waals surface area contributed by atoms with E-state index in [2.05, 4.69) is 0 Å². The van der Waals surface area contributed by atoms with Crippen LogP contribution in [0.25, 0.3) is 0 Å². The van der Waals surface area contributed by atoms with Gasteiger partial charge in [-0.3, -0.25) is 0 Å². The normalized spacial score (nSPS) is 21.0. The van der Waals surface area contributed by atoms with E-state index >= 15 is 0 Å². The van der Waals surface area contributed by atoms with Gasteiger partial charge in [-0.1, -0.05) is 6.07 Å². The molecule has 2 N–H and O–H groups in total. The van der Waals surface area contributed by atoms with Crippen LogP contribution in [0, 0.1) is 0 Å². The fourth-order valence-electron chi connectivity index (χ4n) is 2.45. The fourth-order valence-corrected chi connectivity index (χ4v) is 3.48. The van der Waals surface area contributed by atoms with Crippen molar-refractivity contribution in [2.24, 2.45) is 0 Å². The zero-order valence-electron chi connectivity index (χ0n) is 10.9. The van der Waals surface area contributed by atoms with Gasteiger partial charge >= 0.3 is 5.51 Å². The number of halogens is 5. The maximum atomic E-state index is 13.6. The van der Waals surface area contributed by atoms with Gasteiger partial charge in [0.25, 0.3) is 15.8 Å². The van der Waals surface area contributed by atoms with Crippen LogP contribution in [0.5, 0.6) is 0 Å². The zero-order valence-corrected chi connectivity index (χ0v) is 11.7. The van der Waals surface area contributed by atoms with E-state index in [1.165, 1.54) is 0 Å². The SMILES string of the molecule is O=S(=O)(c1ccc(CCO)c2c1C(O)C(F)(F)C2)C(F)(F)F. The molecule has 1 aliphatic carbocycles. The van der Waals surface area contributed by atoms with E-state index in [9.17, 15) is 35.5 Å². The van der Waals surface area contributed by atoms with E-state index in [-0.39, 0.29) is 17.5 Å². The highest BCUT2D eigenvalue weighted by molar-refractivity contribution is 7.92. The maximum absolute atomic E-state index is 13.6. The number of hydrogen-bond acceptors (Lipinski definition) is 4. The molecule has 2 rings (SSSR count). The Bertz CT molecular complexity index is 696. The molecule has 1 unspecified atom stereocenters. The molecular formula is C12H11F5O4S. The highest BCUT2D eigenvalue weighted by Crippen LogP contribution is 2.48. The lowest BCUT2D eigenvalue weighted by molar-refractivity contribution is -0.0978. The van der Waals surface area contributed by atoms with Crippen LogP contribution in [-0.2, 0) is 22.7 Å². The molecule has 4 nitrogen and oxygen atoms in total. The number of hydrogen-bond donors (Lipinski definition) is 2. The molecular weight excluding hydrogens is 335 g/mol. The Labute approximate surface area is 122 Å². The average Bonchev–Trinajstić information content (AvgIpc) is 2.61. The van der Waals surface area contributed by atoms with E-state index in [0.29, 0.717) is 6.07 Å². The minimum Gasteiger partial charge on any atom is -0.396 e. The van der Waals surface area contributed by atoms with Gasteiger partial charge in [-0.15, -0.1) is 0 Å². The highest BCUT2D eigenvalue weighted by Gasteiger charge is 2.54. The van der Waals surface area contributed by atoms with Crippen LogP contribution in [0.15, 0.2) is 17.0 Å². The zero-order chi connectivity index (χ0) is 16.9. The molecule has 0 saturated carbocycles. The Morgan fingerprint density at radius 3 is 2.36 bits per heavy atom. The average molecular weight is 346 g/mol. The molecule has 0 radical (unpaired) electrons. The lowest BCUT2D eigenvalue weighted by Crippen LogP contribution is -2.26. The Kier molecular flexibility index (Phi) is 3.99. The molecule has 1 aliphatic rings. The summed E-state index contributed by atoms with van der Waals surface area (Å²) in [5.41, 5.74) is -6.89. The van der Waals surface area contributed by atoms with E-state index in [0.717, 1.165) is 6.07 Å². The van der Waals surface area contributed by atoms with Crippen molar-refractivity contribution in [3.8, 4) is 0 Å². The van der Waals surface area contributed by atoms with E-state index < -0.39 is 50.9 Å². The summed E-state index contributed by atoms with van der Waals surface area (Å²) in [5.74, 6) is -3.77. The molecule has 10 heteroatoms. The maximum Gasteiger partial charge on any atom is 0.501 e. The smallest absolute Gasteiger partial charge is 0.396 e. The fraction of sp³-hybridized carbons (Fsp3) is 0.500. The Morgan fingerprint density at radius 2 is 1.86 bits per heavy atom. The summed E-state index contributed by atoms with van der Waals surface area (Å²) in [7, 11) is -5.87. The Hall–Kier alpha value is -1.26. The second kappa shape index (κ2) is 5.14. The minimum atomic E-state index is -5.87. The predicted molar refractivity (Wildman–Crippen MR) is 64.1 cm³/mol. The monoisotopic (exact) mass is 346 g/mol. The van der Waals surface area contributed by atoms with Crippen molar-refractivity contribution in [1.29, 1.82) is 0 Å². The molecule has 0 aromatic heterocycles. The van der Waals surface area contributed by atoms with E-state index in [1.807, 2.05) is 0 Å². The summed E-state index contributed by atoms with van der Waals surface area (Å²) < 4.78 is 88.2. The van der Waals surface area contributed by atoms with Crippen molar-refractivity contribution in [3.63, 3.8) is 0 Å². The molecule has 0 spiro atoms. The molecule has 22 heavy (non-hydrogen) atoms. The van der Waals surface area contributed by atoms with Crippen molar-refractivity contribution < 1.29 is 40.6 Å². The lowest BCUT2D eigenvalue weighted by Gasteiger charge is -2.17. The van der Waals surface area contributed by atoms with Crippen LogP contribution in [-0.4, -0.2) is 36.7 Å². The molecule has 124 valence electrons. The number of rotatable bonds is 3. The van der Waals surface area contributed by atoms with Crippen LogP contribution < -0.4 is 0 Å². The topological polar surface area (TPSA) is 74.6 Å². The van der Waals surface area contributed by atoms with E-state index in [4.69, 9.17) is 5.11 Å². The van der Waals surface area contributed by atoms with Crippen LogP contribution in [0.3, 0.4) is 0 Å². The third-order valence-electron chi connectivity index (χ3n) is 3.48. The molecule has 0 amide bonds. The highest BCUT2D eigenvalue weighted by atomic mass is 32.2. The van der Waals surface area contributed by atoms with Gasteiger partial charge in [0.1, 0.15) is 6.10 Å². The van der Waals surface area contributed by atoms with Crippen molar-refractivity contribution >= 4 is 9.84 Å². The molecule has 0 aliphatic heterocycles. The third-order valence-corrected chi connectivity index (χ3v) is 5.02. The van der Waals surface area contributed by atoms with Crippen molar-refractivity contribution in [3.05, 3.63) is 28.8 Å². The van der Waals surface area contributed by atoms with Gasteiger partial charge in [0.15, 0.2) is 0 Å². The number of sulfone groups is 1. The van der Waals surface area contributed by atoms with Crippen molar-refractivity contribution in [1.82, 2.24) is 0 Å². The number of aliphatic hydroxyl groups is 2. The molecule has 0 bridgehead atoms. The molecule has 1 atom stereocenters. The number of alkyl halides is 5. The van der Waals surface area contributed by atoms with Gasteiger partial charge in [0, 0.05) is 18.6 Å². The number of benzene rings is 1. The van der Waals surface area contributed by atoms with Gasteiger partial charge in [0.05, 0.1) is 4.90 Å². The molecule has 0 fully saturated rings. The van der Waals surface area contributed by atoms with Gasteiger partial charge in [-0.25, -0.2) is 17.2 Å². The lowest BCUT2D eigenvalue weighted by atomic mass is 10.0. The van der Waals surface area contributed by atoms with Gasteiger partial charge in [0.2, 0.25) is 0 Å². The van der Waals surface area contributed by atoms with Gasteiger partial charge in [-0.2, -0.15) is 13.2 Å². The van der Waals surface area contributed by atoms with Crippen LogP contribution in [0.4, 0.5) is 22.0 Å². The Balaban J connectivity index is 2.75. The first-order chi connectivity index (χ1) is 9.93. The summed E-state index contributed by atoms with van der Waals surface area (Å²) >= 11 is 0. The first-order valence-corrected chi connectivity index (χ1v) is 7.54. The van der Waals surface area contributed by atoms with Gasteiger partial charge < -0.3 is 10.2 Å². The standard InChI is InChI=1S/C12H11F5O4S/c13-11(14)5-7-6(3-4-18)1-2-8(9(7)10(11)19)22(20,21)12(15,16)17/h1-2,10,18-19H,3-5H2. The Morgan fingerprint density at radius 1 is 1.27 bits per heavy atom. The summed E-state index contributed by atoms with van der Waals surface area (Å²) in [6.07, 6.45) is -3.87. The van der Waals surface area contributed by atoms with Gasteiger partial charge in [-0.05, 0) is 23.6 Å². The molecule has 0 heterocycles. The summed E-state index contributed by atoms with van der Waals surface area (Å²) in [6, 6.07) is 1.49. The molecule has 0 saturated heterocycles. The minimum absolute atomic E-state index is 0.0786. The first-order valence-electron chi connectivity index (χ1n) is 6.06. The van der Waals surface area contributed by atoms with Crippen molar-refractivity contribution in [2.45, 2.75) is 35.3 Å². The summed E-state index contributed by atoms with van der Waals surface area (Å²) in [5, 5.41) is 18.4.